The molecule has 0 aliphatic heterocycles. The first kappa shape index (κ1) is 21.3. The normalized spacial score (nSPS) is 10.7. The van der Waals surface area contributed by atoms with Gasteiger partial charge in [0.05, 0.1) is 6.61 Å². The SMILES string of the molecule is CCc1ccc(OCCc2nnc(NC(=O)CCCc3ccc(Cl)cc3)s2)cc1. The zero-order valence-electron chi connectivity index (χ0n) is 16.4. The Kier molecular flexibility index (Phi) is 8.02. The Morgan fingerprint density at radius 2 is 1.76 bits per heavy atom. The van der Waals surface area contributed by atoms with Gasteiger partial charge in [0.1, 0.15) is 10.8 Å². The lowest BCUT2D eigenvalue weighted by Crippen LogP contribution is -2.11. The fourth-order valence-corrected chi connectivity index (χ4v) is 3.63. The molecule has 29 heavy (non-hydrogen) atoms. The van der Waals surface area contributed by atoms with Gasteiger partial charge in [0.25, 0.3) is 0 Å². The second-order valence-corrected chi connectivity index (χ2v) is 8.12. The molecule has 0 saturated heterocycles. The fourth-order valence-electron chi connectivity index (χ4n) is 2.77. The number of nitrogens with zero attached hydrogens (tertiary/aromatic N) is 2. The van der Waals surface area contributed by atoms with Crippen molar-refractivity contribution in [2.24, 2.45) is 0 Å². The van der Waals surface area contributed by atoms with Crippen LogP contribution in [0.2, 0.25) is 5.02 Å². The number of ether oxygens (including phenoxy) is 1. The smallest absolute Gasteiger partial charge is 0.226 e. The van der Waals surface area contributed by atoms with E-state index in [4.69, 9.17) is 16.3 Å². The molecule has 1 amide bonds. The molecule has 152 valence electrons. The highest BCUT2D eigenvalue weighted by Crippen LogP contribution is 2.18. The highest BCUT2D eigenvalue weighted by atomic mass is 35.5. The van der Waals surface area contributed by atoms with E-state index in [9.17, 15) is 4.79 Å². The summed E-state index contributed by atoms with van der Waals surface area (Å²) in [7, 11) is 0. The molecule has 0 bridgehead atoms. The van der Waals surface area contributed by atoms with E-state index in [2.05, 4.69) is 34.6 Å². The van der Waals surface area contributed by atoms with Crippen LogP contribution in [0, 0.1) is 0 Å². The first-order valence-corrected chi connectivity index (χ1v) is 10.9. The molecule has 0 atom stereocenters. The van der Waals surface area contributed by atoms with Crippen molar-refractivity contribution >= 4 is 34.0 Å². The van der Waals surface area contributed by atoms with E-state index in [0.717, 1.165) is 35.0 Å². The van der Waals surface area contributed by atoms with Crippen molar-refractivity contribution in [3.8, 4) is 5.75 Å². The Balaban J connectivity index is 1.36. The van der Waals surface area contributed by atoms with E-state index in [1.54, 1.807) is 0 Å². The molecule has 0 aliphatic carbocycles. The third-order valence-corrected chi connectivity index (χ3v) is 5.56. The minimum atomic E-state index is -0.0473. The van der Waals surface area contributed by atoms with Crippen molar-refractivity contribution in [1.82, 2.24) is 10.2 Å². The lowest BCUT2D eigenvalue weighted by molar-refractivity contribution is -0.116. The Bertz CT molecular complexity index is 911. The second kappa shape index (κ2) is 10.9. The van der Waals surface area contributed by atoms with E-state index >= 15 is 0 Å². The number of halogens is 1. The first-order chi connectivity index (χ1) is 14.1. The predicted molar refractivity (Wildman–Crippen MR) is 118 cm³/mol. The molecule has 0 aliphatic rings. The summed E-state index contributed by atoms with van der Waals surface area (Å²) in [6, 6.07) is 15.8. The van der Waals surface area contributed by atoms with Crippen LogP contribution < -0.4 is 10.1 Å². The van der Waals surface area contributed by atoms with Crippen LogP contribution in [-0.2, 0) is 24.1 Å². The molecule has 1 N–H and O–H groups in total. The highest BCUT2D eigenvalue weighted by molar-refractivity contribution is 7.15. The summed E-state index contributed by atoms with van der Waals surface area (Å²) in [5, 5.41) is 13.1. The number of aryl methyl sites for hydroxylation is 2. The Labute approximate surface area is 180 Å². The van der Waals surface area contributed by atoms with E-state index in [-0.39, 0.29) is 5.91 Å². The first-order valence-electron chi connectivity index (χ1n) is 9.71. The van der Waals surface area contributed by atoms with Crippen molar-refractivity contribution in [3.05, 3.63) is 69.7 Å². The molecular formula is C22H24ClN3O2S. The molecule has 0 spiro atoms. The second-order valence-electron chi connectivity index (χ2n) is 6.63. The number of hydrogen-bond donors (Lipinski definition) is 1. The van der Waals surface area contributed by atoms with Crippen molar-refractivity contribution in [1.29, 1.82) is 0 Å². The number of benzene rings is 2. The van der Waals surface area contributed by atoms with Gasteiger partial charge >= 0.3 is 0 Å². The molecule has 1 heterocycles. The lowest BCUT2D eigenvalue weighted by atomic mass is 10.1. The molecule has 0 fully saturated rings. The van der Waals surface area contributed by atoms with E-state index in [1.807, 2.05) is 36.4 Å². The van der Waals surface area contributed by atoms with Gasteiger partial charge in [-0.2, -0.15) is 0 Å². The summed E-state index contributed by atoms with van der Waals surface area (Å²) in [5.41, 5.74) is 2.46. The number of carbonyl (C=O) groups excluding carboxylic acids is 1. The molecule has 0 unspecified atom stereocenters. The molecule has 7 heteroatoms. The number of amides is 1. The molecular weight excluding hydrogens is 406 g/mol. The van der Waals surface area contributed by atoms with Gasteiger partial charge in [-0.25, -0.2) is 0 Å². The van der Waals surface area contributed by atoms with Gasteiger partial charge in [-0.1, -0.05) is 54.1 Å². The summed E-state index contributed by atoms with van der Waals surface area (Å²) < 4.78 is 5.75. The van der Waals surface area contributed by atoms with Crippen molar-refractivity contribution in [2.75, 3.05) is 11.9 Å². The predicted octanol–water partition coefficient (Wildman–Crippen LogP) is 5.34. The average molecular weight is 430 g/mol. The number of carbonyl (C=O) groups is 1. The van der Waals surface area contributed by atoms with Gasteiger partial charge in [0.2, 0.25) is 11.0 Å². The molecule has 0 saturated carbocycles. The largest absolute Gasteiger partial charge is 0.493 e. The summed E-state index contributed by atoms with van der Waals surface area (Å²) in [6.07, 6.45) is 3.71. The van der Waals surface area contributed by atoms with E-state index in [1.165, 1.54) is 22.5 Å². The third kappa shape index (κ3) is 7.15. The van der Waals surface area contributed by atoms with Gasteiger partial charge in [-0.3, -0.25) is 4.79 Å². The quantitative estimate of drug-likeness (QED) is 0.472. The molecule has 3 rings (SSSR count). The molecule has 0 radical (unpaired) electrons. The fraction of sp³-hybridized carbons (Fsp3) is 0.318. The van der Waals surface area contributed by atoms with Crippen molar-refractivity contribution < 1.29 is 9.53 Å². The maximum Gasteiger partial charge on any atom is 0.226 e. The molecule has 1 aromatic heterocycles. The molecule has 5 nitrogen and oxygen atoms in total. The summed E-state index contributed by atoms with van der Waals surface area (Å²) in [4.78, 5) is 12.1. The van der Waals surface area contributed by atoms with Gasteiger partial charge in [0, 0.05) is 17.9 Å². The number of hydrogen-bond acceptors (Lipinski definition) is 5. The number of aromatic nitrogens is 2. The maximum atomic E-state index is 12.1. The molecule has 2 aromatic carbocycles. The van der Waals surface area contributed by atoms with Crippen LogP contribution in [0.15, 0.2) is 48.5 Å². The van der Waals surface area contributed by atoms with Crippen LogP contribution >= 0.6 is 22.9 Å². The van der Waals surface area contributed by atoms with Crippen LogP contribution in [0.1, 0.15) is 35.9 Å². The minimum Gasteiger partial charge on any atom is -0.493 e. The van der Waals surface area contributed by atoms with E-state index < -0.39 is 0 Å². The maximum absolute atomic E-state index is 12.1. The van der Waals surface area contributed by atoms with Crippen molar-refractivity contribution in [2.45, 2.75) is 39.0 Å². The average Bonchev–Trinajstić information content (AvgIpc) is 3.17. The molecule has 3 aromatic rings. The standard InChI is InChI=1S/C22H24ClN3O2S/c1-2-16-8-12-19(13-9-16)28-15-14-21-25-26-22(29-21)24-20(27)5-3-4-17-6-10-18(23)11-7-17/h6-13H,2-5,14-15H2,1H3,(H,24,26,27). The van der Waals surface area contributed by atoms with Crippen molar-refractivity contribution in [3.63, 3.8) is 0 Å². The summed E-state index contributed by atoms with van der Waals surface area (Å²) in [6.45, 7) is 2.65. The van der Waals surface area contributed by atoms with E-state index in [0.29, 0.717) is 24.6 Å². The zero-order chi connectivity index (χ0) is 20.5. The summed E-state index contributed by atoms with van der Waals surface area (Å²) in [5.74, 6) is 0.801. The lowest BCUT2D eigenvalue weighted by Gasteiger charge is -2.05. The topological polar surface area (TPSA) is 64.1 Å². The zero-order valence-corrected chi connectivity index (χ0v) is 17.9. The van der Waals surface area contributed by atoms with Crippen LogP contribution in [0.4, 0.5) is 5.13 Å². The van der Waals surface area contributed by atoms with Gasteiger partial charge in [-0.15, -0.1) is 10.2 Å². The Morgan fingerprint density at radius 3 is 2.48 bits per heavy atom. The van der Waals surface area contributed by atoms with Crippen LogP contribution in [0.3, 0.4) is 0 Å². The highest BCUT2D eigenvalue weighted by Gasteiger charge is 2.09. The van der Waals surface area contributed by atoms with Gasteiger partial charge < -0.3 is 10.1 Å². The van der Waals surface area contributed by atoms with Crippen LogP contribution in [0.25, 0.3) is 0 Å². The minimum absolute atomic E-state index is 0.0473. The van der Waals surface area contributed by atoms with Crippen LogP contribution in [-0.4, -0.2) is 22.7 Å². The number of rotatable bonds is 10. The number of nitrogens with one attached hydrogen (secondary N) is 1. The van der Waals surface area contributed by atoms with Gasteiger partial charge in [-0.05, 0) is 54.7 Å². The van der Waals surface area contributed by atoms with Crippen LogP contribution in [0.5, 0.6) is 5.75 Å². The number of anilines is 1. The van der Waals surface area contributed by atoms with Gasteiger partial charge in [0.15, 0.2) is 0 Å². The Hall–Kier alpha value is -2.44. The third-order valence-electron chi connectivity index (χ3n) is 4.41. The Morgan fingerprint density at radius 1 is 1.03 bits per heavy atom. The summed E-state index contributed by atoms with van der Waals surface area (Å²) >= 11 is 7.26. The monoisotopic (exact) mass is 429 g/mol.